The lowest BCUT2D eigenvalue weighted by atomic mass is 9.67. The lowest BCUT2D eigenvalue weighted by Crippen LogP contribution is -2.32. The Bertz CT molecular complexity index is 1720. The van der Waals surface area contributed by atoms with E-state index in [1.54, 1.807) is 0 Å². The molecule has 5 atom stereocenters. The maximum atomic E-state index is 10.1. The first-order valence-corrected chi connectivity index (χ1v) is 24.6. The Labute approximate surface area is 389 Å². The molecular weight excluding hydrogens is 769 g/mol. The van der Waals surface area contributed by atoms with Crippen molar-refractivity contribution in [2.45, 2.75) is 193 Å². The molecule has 0 bridgehead atoms. The molecule has 2 aliphatic rings. The van der Waals surface area contributed by atoms with Gasteiger partial charge in [0.2, 0.25) is 0 Å². The molecule has 0 heterocycles. The highest BCUT2D eigenvalue weighted by molar-refractivity contribution is 5.38. The Morgan fingerprint density at radius 2 is 1.16 bits per heavy atom. The second kappa shape index (κ2) is 30.8. The fourth-order valence-electron chi connectivity index (χ4n) is 9.11. The van der Waals surface area contributed by atoms with E-state index in [9.17, 15) is 10.2 Å². The van der Waals surface area contributed by atoms with Crippen LogP contribution in [0, 0.1) is 34.5 Å². The zero-order valence-corrected chi connectivity index (χ0v) is 43.2. The Kier molecular flexibility index (Phi) is 28.3. The SMILES string of the molecule is C/C(=C\CO)CCC[C@H](C)CCC[C@H](C)CCCC(C)C.CC1=CC(O)CC(C)(C)C1/C=C/C(C)=C/C=C/C(C)=C/C=C/C=C(C)/C=C/C=C(C)/C=C/C1=C(C)CC(O)CC1(C)C. The van der Waals surface area contributed by atoms with E-state index < -0.39 is 0 Å². The average Bonchev–Trinajstić information content (AvgIpc) is 3.15. The van der Waals surface area contributed by atoms with Crippen LogP contribution in [0.25, 0.3) is 0 Å². The van der Waals surface area contributed by atoms with Gasteiger partial charge in [-0.05, 0) is 115 Å². The molecule has 0 fully saturated rings. The number of rotatable bonds is 23. The second-order valence-electron chi connectivity index (χ2n) is 21.3. The molecule has 0 saturated carbocycles. The number of aliphatic hydroxyl groups excluding tert-OH is 3. The number of hydrogen-bond donors (Lipinski definition) is 3. The largest absolute Gasteiger partial charge is 0.393 e. The van der Waals surface area contributed by atoms with Crippen molar-refractivity contribution >= 4 is 0 Å². The molecule has 3 unspecified atom stereocenters. The summed E-state index contributed by atoms with van der Waals surface area (Å²) in [4.78, 5) is 0. The predicted octanol–water partition coefficient (Wildman–Crippen LogP) is 16.8. The zero-order valence-electron chi connectivity index (χ0n) is 43.2. The lowest BCUT2D eigenvalue weighted by molar-refractivity contribution is 0.116. The van der Waals surface area contributed by atoms with Crippen LogP contribution in [-0.2, 0) is 0 Å². The Morgan fingerprint density at radius 1 is 0.667 bits per heavy atom. The number of allylic oxidation sites excluding steroid dienone is 21. The molecule has 0 spiro atoms. The van der Waals surface area contributed by atoms with Crippen LogP contribution in [0.2, 0.25) is 0 Å². The van der Waals surface area contributed by atoms with Crippen molar-refractivity contribution in [1.82, 2.24) is 0 Å². The molecule has 0 aromatic carbocycles. The Hall–Kier alpha value is -3.24. The third-order valence-corrected chi connectivity index (χ3v) is 12.9. The minimum atomic E-state index is -0.331. The van der Waals surface area contributed by atoms with Crippen molar-refractivity contribution in [2.75, 3.05) is 6.61 Å². The van der Waals surface area contributed by atoms with E-state index in [0.29, 0.717) is 5.92 Å². The molecule has 3 heteroatoms. The van der Waals surface area contributed by atoms with Gasteiger partial charge >= 0.3 is 0 Å². The molecular formula is C60H96O3. The van der Waals surface area contributed by atoms with E-state index in [2.05, 4.69) is 189 Å². The average molecular weight is 865 g/mol. The Morgan fingerprint density at radius 3 is 1.67 bits per heavy atom. The third kappa shape index (κ3) is 26.4. The fourth-order valence-corrected chi connectivity index (χ4v) is 9.11. The molecule has 3 nitrogen and oxygen atoms in total. The van der Waals surface area contributed by atoms with Crippen LogP contribution in [0.3, 0.4) is 0 Å². The van der Waals surface area contributed by atoms with Crippen LogP contribution < -0.4 is 0 Å². The topological polar surface area (TPSA) is 60.7 Å². The van der Waals surface area contributed by atoms with Crippen LogP contribution in [0.5, 0.6) is 0 Å². The maximum absolute atomic E-state index is 10.1. The summed E-state index contributed by atoms with van der Waals surface area (Å²) >= 11 is 0. The summed E-state index contributed by atoms with van der Waals surface area (Å²) in [5, 5.41) is 29.0. The molecule has 0 amide bonds. The molecule has 0 saturated heterocycles. The third-order valence-electron chi connectivity index (χ3n) is 12.9. The molecule has 0 radical (unpaired) electrons. The first kappa shape index (κ1) is 57.8. The molecule has 2 aliphatic carbocycles. The van der Waals surface area contributed by atoms with Crippen LogP contribution in [0.1, 0.15) is 181 Å². The highest BCUT2D eigenvalue weighted by atomic mass is 16.3. The summed E-state index contributed by atoms with van der Waals surface area (Å²) in [6.45, 7) is 33.4. The van der Waals surface area contributed by atoms with Crippen molar-refractivity contribution < 1.29 is 15.3 Å². The highest BCUT2D eigenvalue weighted by Gasteiger charge is 2.34. The van der Waals surface area contributed by atoms with Gasteiger partial charge in [-0.15, -0.1) is 0 Å². The van der Waals surface area contributed by atoms with Crippen LogP contribution in [0.15, 0.2) is 142 Å². The van der Waals surface area contributed by atoms with Crippen LogP contribution >= 0.6 is 0 Å². The minimum Gasteiger partial charge on any atom is -0.393 e. The van der Waals surface area contributed by atoms with Crippen molar-refractivity contribution in [3.8, 4) is 0 Å². The molecule has 0 aromatic heterocycles. The van der Waals surface area contributed by atoms with Gasteiger partial charge < -0.3 is 15.3 Å². The summed E-state index contributed by atoms with van der Waals surface area (Å²) in [6.07, 6.45) is 47.9. The number of aliphatic hydroxyl groups is 3. The molecule has 63 heavy (non-hydrogen) atoms. The molecule has 2 rings (SSSR count). The smallest absolute Gasteiger partial charge is 0.0729 e. The van der Waals surface area contributed by atoms with E-state index in [1.165, 1.54) is 96.0 Å². The van der Waals surface area contributed by atoms with Gasteiger partial charge in [0.25, 0.3) is 0 Å². The standard InChI is InChI=1S/C40H56O2.C20H40O/c1-29(17-13-19-31(3)21-23-37-33(5)25-35(41)27-39(37,7)8)15-11-12-16-30(2)18-14-20-32(4)22-24-38-34(6)26-36(42)28-40(38,9)10;1-17(2)9-6-10-18(3)11-7-12-19(4)13-8-14-20(5)15-16-21/h11-25,35-37,41-42H,26-28H2,1-10H3;15,17-19,21H,6-14,16H2,1-5H3/b12-11+,17-13+,18-14+,23-21+,24-22+,29-15+,30-16+,31-19+,32-20+;20-15+/t;18-,19-/m.1/s1. The first-order valence-electron chi connectivity index (χ1n) is 24.6. The second-order valence-corrected chi connectivity index (χ2v) is 21.3. The van der Waals surface area contributed by atoms with Gasteiger partial charge in [0, 0.05) is 5.92 Å². The summed E-state index contributed by atoms with van der Waals surface area (Å²) in [5.74, 6) is 2.97. The molecule has 3 N–H and O–H groups in total. The van der Waals surface area contributed by atoms with Crippen molar-refractivity contribution in [2.24, 2.45) is 34.5 Å². The minimum absolute atomic E-state index is 0.00528. The van der Waals surface area contributed by atoms with Gasteiger partial charge in [0.05, 0.1) is 18.8 Å². The van der Waals surface area contributed by atoms with Crippen molar-refractivity contribution in [3.05, 3.63) is 142 Å². The fraction of sp³-hybridized carbons (Fsp3) is 0.600. The maximum Gasteiger partial charge on any atom is 0.0729 e. The summed E-state index contributed by atoms with van der Waals surface area (Å²) in [5.41, 5.74) is 10.1. The summed E-state index contributed by atoms with van der Waals surface area (Å²) in [7, 11) is 0. The Balaban J connectivity index is 0.000000795. The van der Waals surface area contributed by atoms with Gasteiger partial charge in [0.1, 0.15) is 0 Å². The number of hydrogen-bond acceptors (Lipinski definition) is 3. The molecule has 0 aromatic rings. The lowest BCUT2D eigenvalue weighted by Gasteiger charge is -2.38. The predicted molar refractivity (Wildman–Crippen MR) is 280 cm³/mol. The van der Waals surface area contributed by atoms with Crippen molar-refractivity contribution in [1.29, 1.82) is 0 Å². The summed E-state index contributed by atoms with van der Waals surface area (Å²) in [6, 6.07) is 0. The quantitative estimate of drug-likeness (QED) is 0.0708. The van der Waals surface area contributed by atoms with E-state index in [1.807, 2.05) is 12.2 Å². The monoisotopic (exact) mass is 865 g/mol. The van der Waals surface area contributed by atoms with Gasteiger partial charge in [-0.2, -0.15) is 0 Å². The van der Waals surface area contributed by atoms with E-state index in [0.717, 1.165) is 43.4 Å². The van der Waals surface area contributed by atoms with Gasteiger partial charge in [-0.25, -0.2) is 0 Å². The van der Waals surface area contributed by atoms with E-state index >= 15 is 0 Å². The zero-order chi connectivity index (χ0) is 47.6. The van der Waals surface area contributed by atoms with Gasteiger partial charge in [-0.1, -0.05) is 237 Å². The van der Waals surface area contributed by atoms with Crippen LogP contribution in [-0.4, -0.2) is 34.1 Å². The van der Waals surface area contributed by atoms with Crippen LogP contribution in [0.4, 0.5) is 0 Å². The molecule has 354 valence electrons. The normalized spacial score (nSPS) is 22.9. The van der Waals surface area contributed by atoms with Gasteiger partial charge in [-0.3, -0.25) is 0 Å². The molecule has 0 aliphatic heterocycles. The first-order chi connectivity index (χ1) is 29.6. The summed E-state index contributed by atoms with van der Waals surface area (Å²) < 4.78 is 0. The van der Waals surface area contributed by atoms with E-state index in [4.69, 9.17) is 5.11 Å². The van der Waals surface area contributed by atoms with Gasteiger partial charge in [0.15, 0.2) is 0 Å². The van der Waals surface area contributed by atoms with Crippen molar-refractivity contribution in [3.63, 3.8) is 0 Å². The highest BCUT2D eigenvalue weighted by Crippen LogP contribution is 2.42. The van der Waals surface area contributed by atoms with E-state index in [-0.39, 0.29) is 29.6 Å².